The maximum absolute atomic E-state index is 4.77. The van der Waals surface area contributed by atoms with Gasteiger partial charge in [-0.2, -0.15) is 5.10 Å². The van der Waals surface area contributed by atoms with E-state index < -0.39 is 0 Å². The zero-order chi connectivity index (χ0) is 13.8. The standard InChI is InChI=1S/C15H29N3/c1-7-10-18-14(9-3)12(13(8-2)17-18)11-16-15(4,5)6/h16H,7-11H2,1-6H3. The topological polar surface area (TPSA) is 29.9 Å². The van der Waals surface area contributed by atoms with E-state index in [4.69, 9.17) is 5.10 Å². The molecule has 0 saturated heterocycles. The van der Waals surface area contributed by atoms with Gasteiger partial charge < -0.3 is 5.32 Å². The first-order valence-electron chi connectivity index (χ1n) is 7.25. The fourth-order valence-electron chi connectivity index (χ4n) is 2.22. The van der Waals surface area contributed by atoms with Crippen molar-refractivity contribution in [3.8, 4) is 0 Å². The van der Waals surface area contributed by atoms with Crippen molar-refractivity contribution in [3.63, 3.8) is 0 Å². The van der Waals surface area contributed by atoms with E-state index >= 15 is 0 Å². The van der Waals surface area contributed by atoms with E-state index in [1.807, 2.05) is 0 Å². The molecule has 1 aromatic heterocycles. The van der Waals surface area contributed by atoms with Crippen LogP contribution < -0.4 is 5.32 Å². The van der Waals surface area contributed by atoms with E-state index in [0.717, 1.165) is 32.4 Å². The summed E-state index contributed by atoms with van der Waals surface area (Å²) in [5.41, 5.74) is 4.24. The second-order valence-electron chi connectivity index (χ2n) is 5.91. The van der Waals surface area contributed by atoms with Gasteiger partial charge in [-0.05, 0) is 40.0 Å². The molecule has 1 aromatic rings. The Hall–Kier alpha value is -0.830. The van der Waals surface area contributed by atoms with Crippen LogP contribution in [0.25, 0.3) is 0 Å². The van der Waals surface area contributed by atoms with Crippen LogP contribution in [0, 0.1) is 0 Å². The summed E-state index contributed by atoms with van der Waals surface area (Å²) in [6.45, 7) is 15.2. The van der Waals surface area contributed by atoms with Gasteiger partial charge in [0.1, 0.15) is 0 Å². The van der Waals surface area contributed by atoms with E-state index in [9.17, 15) is 0 Å². The number of hydrogen-bond donors (Lipinski definition) is 1. The summed E-state index contributed by atoms with van der Waals surface area (Å²) in [4.78, 5) is 0. The molecule has 0 aliphatic rings. The summed E-state index contributed by atoms with van der Waals surface area (Å²) in [5, 5.41) is 8.36. The maximum atomic E-state index is 4.77. The molecule has 0 atom stereocenters. The van der Waals surface area contributed by atoms with Gasteiger partial charge in [-0.1, -0.05) is 20.8 Å². The van der Waals surface area contributed by atoms with E-state index in [0.29, 0.717) is 0 Å². The lowest BCUT2D eigenvalue weighted by atomic mass is 10.1. The molecule has 0 aliphatic heterocycles. The Morgan fingerprint density at radius 1 is 1.11 bits per heavy atom. The molecule has 3 nitrogen and oxygen atoms in total. The van der Waals surface area contributed by atoms with Crippen LogP contribution in [0.5, 0.6) is 0 Å². The summed E-state index contributed by atoms with van der Waals surface area (Å²) in [5.74, 6) is 0. The molecule has 18 heavy (non-hydrogen) atoms. The summed E-state index contributed by atoms with van der Waals surface area (Å²) in [7, 11) is 0. The molecule has 1 heterocycles. The quantitative estimate of drug-likeness (QED) is 0.840. The molecule has 0 unspecified atom stereocenters. The molecule has 0 amide bonds. The van der Waals surface area contributed by atoms with Crippen molar-refractivity contribution in [1.82, 2.24) is 15.1 Å². The molecule has 0 bridgehead atoms. The van der Waals surface area contributed by atoms with E-state index in [1.54, 1.807) is 0 Å². The normalized spacial score (nSPS) is 12.1. The van der Waals surface area contributed by atoms with Gasteiger partial charge in [0.05, 0.1) is 5.69 Å². The number of aromatic nitrogens is 2. The third-order valence-corrected chi connectivity index (χ3v) is 3.15. The predicted octanol–water partition coefficient (Wildman–Crippen LogP) is 3.31. The van der Waals surface area contributed by atoms with Gasteiger partial charge in [0, 0.05) is 29.9 Å². The van der Waals surface area contributed by atoms with Crippen molar-refractivity contribution in [2.45, 2.75) is 79.4 Å². The van der Waals surface area contributed by atoms with Crippen LogP contribution in [-0.4, -0.2) is 15.3 Å². The smallest absolute Gasteiger partial charge is 0.0669 e. The molecular weight excluding hydrogens is 222 g/mol. The highest BCUT2D eigenvalue weighted by Gasteiger charge is 2.17. The Morgan fingerprint density at radius 3 is 2.22 bits per heavy atom. The van der Waals surface area contributed by atoms with Crippen LogP contribution >= 0.6 is 0 Å². The predicted molar refractivity (Wildman–Crippen MR) is 77.9 cm³/mol. The van der Waals surface area contributed by atoms with Crippen LogP contribution in [-0.2, 0) is 25.9 Å². The van der Waals surface area contributed by atoms with E-state index in [2.05, 4.69) is 51.5 Å². The van der Waals surface area contributed by atoms with Crippen molar-refractivity contribution in [2.75, 3.05) is 0 Å². The SMILES string of the molecule is CCCn1nc(CC)c(CNC(C)(C)C)c1CC. The second kappa shape index (κ2) is 6.37. The molecule has 1 rings (SSSR count). The van der Waals surface area contributed by atoms with E-state index in [1.165, 1.54) is 17.0 Å². The largest absolute Gasteiger partial charge is 0.308 e. The number of hydrogen-bond acceptors (Lipinski definition) is 2. The second-order valence-corrected chi connectivity index (χ2v) is 5.91. The number of rotatable bonds is 6. The zero-order valence-corrected chi connectivity index (χ0v) is 12.9. The lowest BCUT2D eigenvalue weighted by Crippen LogP contribution is -2.35. The van der Waals surface area contributed by atoms with E-state index in [-0.39, 0.29) is 5.54 Å². The maximum Gasteiger partial charge on any atom is 0.0669 e. The lowest BCUT2D eigenvalue weighted by Gasteiger charge is -2.21. The summed E-state index contributed by atoms with van der Waals surface area (Å²) in [6, 6.07) is 0. The molecule has 0 saturated carbocycles. The monoisotopic (exact) mass is 251 g/mol. The summed E-state index contributed by atoms with van der Waals surface area (Å²) < 4.78 is 2.21. The van der Waals surface area contributed by atoms with Crippen molar-refractivity contribution in [2.24, 2.45) is 0 Å². The van der Waals surface area contributed by atoms with Crippen LogP contribution in [0.2, 0.25) is 0 Å². The van der Waals surface area contributed by atoms with Crippen LogP contribution in [0.4, 0.5) is 0 Å². The van der Waals surface area contributed by atoms with Gasteiger partial charge in [-0.15, -0.1) is 0 Å². The fourth-order valence-corrected chi connectivity index (χ4v) is 2.22. The molecular formula is C15H29N3. The molecule has 1 N–H and O–H groups in total. The van der Waals surface area contributed by atoms with Crippen molar-refractivity contribution in [1.29, 1.82) is 0 Å². The minimum absolute atomic E-state index is 0.156. The molecule has 0 aliphatic carbocycles. The van der Waals surface area contributed by atoms with Crippen molar-refractivity contribution >= 4 is 0 Å². The first-order chi connectivity index (χ1) is 8.42. The highest BCUT2D eigenvalue weighted by Crippen LogP contribution is 2.17. The first-order valence-corrected chi connectivity index (χ1v) is 7.25. The van der Waals surface area contributed by atoms with Gasteiger partial charge in [0.15, 0.2) is 0 Å². The number of nitrogens with one attached hydrogen (secondary N) is 1. The zero-order valence-electron chi connectivity index (χ0n) is 12.9. The Labute approximate surface area is 112 Å². The summed E-state index contributed by atoms with van der Waals surface area (Å²) in [6.07, 6.45) is 3.23. The molecule has 0 radical (unpaired) electrons. The Morgan fingerprint density at radius 2 is 1.78 bits per heavy atom. The number of nitrogens with zero attached hydrogens (tertiary/aromatic N) is 2. The molecule has 104 valence electrons. The average molecular weight is 251 g/mol. The minimum Gasteiger partial charge on any atom is -0.308 e. The van der Waals surface area contributed by atoms with Gasteiger partial charge in [0.25, 0.3) is 0 Å². The highest BCUT2D eigenvalue weighted by molar-refractivity contribution is 5.27. The van der Waals surface area contributed by atoms with Crippen LogP contribution in [0.15, 0.2) is 0 Å². The van der Waals surface area contributed by atoms with Gasteiger partial charge in [0.2, 0.25) is 0 Å². The Balaban J connectivity index is 2.99. The third kappa shape index (κ3) is 3.84. The number of aryl methyl sites for hydroxylation is 2. The molecule has 0 fully saturated rings. The first kappa shape index (κ1) is 15.2. The van der Waals surface area contributed by atoms with Crippen LogP contribution in [0.1, 0.15) is 64.9 Å². The molecule has 0 aromatic carbocycles. The molecule has 3 heteroatoms. The van der Waals surface area contributed by atoms with Gasteiger partial charge in [-0.25, -0.2) is 0 Å². The minimum atomic E-state index is 0.156. The van der Waals surface area contributed by atoms with Crippen LogP contribution in [0.3, 0.4) is 0 Å². The fraction of sp³-hybridized carbons (Fsp3) is 0.800. The van der Waals surface area contributed by atoms with Crippen molar-refractivity contribution < 1.29 is 0 Å². The Bertz CT molecular complexity index is 372. The highest BCUT2D eigenvalue weighted by atomic mass is 15.3. The average Bonchev–Trinajstić information content (AvgIpc) is 2.63. The van der Waals surface area contributed by atoms with Gasteiger partial charge >= 0.3 is 0 Å². The third-order valence-electron chi connectivity index (χ3n) is 3.15. The van der Waals surface area contributed by atoms with Crippen molar-refractivity contribution in [3.05, 3.63) is 17.0 Å². The summed E-state index contributed by atoms with van der Waals surface area (Å²) >= 11 is 0. The Kier molecular flexibility index (Phi) is 5.39. The molecule has 0 spiro atoms. The van der Waals surface area contributed by atoms with Gasteiger partial charge in [-0.3, -0.25) is 4.68 Å². The lowest BCUT2D eigenvalue weighted by molar-refractivity contribution is 0.422.